The molecule has 0 amide bonds. The molecule has 0 radical (unpaired) electrons. The zero-order valence-electron chi connectivity index (χ0n) is 8.38. The van der Waals surface area contributed by atoms with Crippen molar-refractivity contribution in [3.63, 3.8) is 0 Å². The van der Waals surface area contributed by atoms with Crippen molar-refractivity contribution < 1.29 is 4.74 Å². The average molecular weight is 181 g/mol. The molecule has 0 bridgehead atoms. The number of hydrogen-bond acceptors (Lipinski definition) is 2. The third-order valence-corrected chi connectivity index (χ3v) is 2.53. The van der Waals surface area contributed by atoms with Gasteiger partial charge in [0.05, 0.1) is 6.04 Å². The largest absolute Gasteiger partial charge is 0.381 e. The predicted molar refractivity (Wildman–Crippen MR) is 54.5 cm³/mol. The van der Waals surface area contributed by atoms with Crippen LogP contribution in [0.2, 0.25) is 0 Å². The zero-order chi connectivity index (χ0) is 9.52. The summed E-state index contributed by atoms with van der Waals surface area (Å²) < 4.78 is 5.30. The molecular weight excluding hydrogens is 162 g/mol. The van der Waals surface area contributed by atoms with Crippen molar-refractivity contribution in [1.82, 2.24) is 5.32 Å². The molecular formula is C11H19NO. The Labute approximate surface area is 81.0 Å². The predicted octanol–water partition coefficient (Wildman–Crippen LogP) is 1.41. The lowest BCUT2D eigenvalue weighted by Gasteiger charge is -2.27. The van der Waals surface area contributed by atoms with Crippen LogP contribution in [0.1, 0.15) is 26.2 Å². The van der Waals surface area contributed by atoms with E-state index in [4.69, 9.17) is 11.2 Å². The Hall–Kier alpha value is -0.520. The van der Waals surface area contributed by atoms with E-state index in [-0.39, 0.29) is 6.04 Å². The van der Waals surface area contributed by atoms with E-state index in [1.807, 2.05) is 0 Å². The van der Waals surface area contributed by atoms with E-state index in [0.717, 1.165) is 39.0 Å². The lowest BCUT2D eigenvalue weighted by atomic mass is 9.92. The number of terminal acetylenes is 1. The summed E-state index contributed by atoms with van der Waals surface area (Å²) in [6, 6.07) is 0.254. The highest BCUT2D eigenvalue weighted by atomic mass is 16.5. The van der Waals surface area contributed by atoms with Crippen molar-refractivity contribution in [2.75, 3.05) is 19.8 Å². The van der Waals surface area contributed by atoms with Gasteiger partial charge in [-0.3, -0.25) is 0 Å². The van der Waals surface area contributed by atoms with E-state index in [0.29, 0.717) is 5.92 Å². The highest BCUT2D eigenvalue weighted by Gasteiger charge is 2.21. The summed E-state index contributed by atoms with van der Waals surface area (Å²) in [5.41, 5.74) is 0. The average Bonchev–Trinajstić information content (AvgIpc) is 2.21. The third-order valence-electron chi connectivity index (χ3n) is 2.53. The van der Waals surface area contributed by atoms with Gasteiger partial charge in [-0.2, -0.15) is 0 Å². The van der Waals surface area contributed by atoms with Crippen LogP contribution in [-0.4, -0.2) is 25.8 Å². The van der Waals surface area contributed by atoms with Crippen LogP contribution in [0.25, 0.3) is 0 Å². The molecule has 0 aliphatic carbocycles. The quantitative estimate of drug-likeness (QED) is 0.662. The van der Waals surface area contributed by atoms with Gasteiger partial charge in [-0.25, -0.2) is 0 Å². The Morgan fingerprint density at radius 1 is 1.54 bits per heavy atom. The first-order valence-electron chi connectivity index (χ1n) is 5.15. The molecule has 1 aliphatic rings. The normalized spacial score (nSPS) is 20.9. The number of nitrogens with one attached hydrogen (secondary N) is 1. The molecule has 0 aromatic rings. The Morgan fingerprint density at radius 3 is 2.77 bits per heavy atom. The van der Waals surface area contributed by atoms with Crippen LogP contribution in [0.4, 0.5) is 0 Å². The van der Waals surface area contributed by atoms with Gasteiger partial charge < -0.3 is 10.1 Å². The summed E-state index contributed by atoms with van der Waals surface area (Å²) in [5.74, 6) is 3.46. The molecule has 1 heterocycles. The first kappa shape index (κ1) is 10.6. The molecule has 74 valence electrons. The highest BCUT2D eigenvalue weighted by molar-refractivity contribution is 5.02. The van der Waals surface area contributed by atoms with Gasteiger partial charge in [0.2, 0.25) is 0 Å². The Balaban J connectivity index is 2.31. The van der Waals surface area contributed by atoms with Gasteiger partial charge in [-0.1, -0.05) is 12.8 Å². The smallest absolute Gasteiger partial charge is 0.0717 e. The lowest BCUT2D eigenvalue weighted by Crippen LogP contribution is -2.38. The van der Waals surface area contributed by atoms with Crippen LogP contribution >= 0.6 is 0 Å². The van der Waals surface area contributed by atoms with Crippen molar-refractivity contribution >= 4 is 0 Å². The maximum absolute atomic E-state index is 5.49. The SMILES string of the molecule is C#CC(NCCC)C1CCOCC1. The van der Waals surface area contributed by atoms with Crippen LogP contribution in [0.5, 0.6) is 0 Å². The second-order valence-electron chi connectivity index (χ2n) is 3.55. The Kier molecular flexibility index (Phi) is 4.88. The van der Waals surface area contributed by atoms with Gasteiger partial charge in [0, 0.05) is 13.2 Å². The fourth-order valence-electron chi connectivity index (χ4n) is 1.71. The Morgan fingerprint density at radius 2 is 2.23 bits per heavy atom. The molecule has 1 atom stereocenters. The summed E-state index contributed by atoms with van der Waals surface area (Å²) in [7, 11) is 0. The highest BCUT2D eigenvalue weighted by Crippen LogP contribution is 2.18. The van der Waals surface area contributed by atoms with Crippen molar-refractivity contribution in [3.05, 3.63) is 0 Å². The maximum Gasteiger partial charge on any atom is 0.0717 e. The van der Waals surface area contributed by atoms with Gasteiger partial charge in [-0.05, 0) is 31.7 Å². The van der Waals surface area contributed by atoms with Gasteiger partial charge in [0.15, 0.2) is 0 Å². The van der Waals surface area contributed by atoms with Crippen LogP contribution in [0.15, 0.2) is 0 Å². The molecule has 1 rings (SSSR count). The second kappa shape index (κ2) is 6.01. The molecule has 1 fully saturated rings. The molecule has 13 heavy (non-hydrogen) atoms. The van der Waals surface area contributed by atoms with Crippen molar-refractivity contribution in [3.8, 4) is 12.3 Å². The number of ether oxygens (including phenoxy) is 1. The Bertz CT molecular complexity index is 167. The van der Waals surface area contributed by atoms with Crippen LogP contribution in [0, 0.1) is 18.3 Å². The van der Waals surface area contributed by atoms with Crippen LogP contribution in [-0.2, 0) is 4.74 Å². The number of rotatable bonds is 4. The van der Waals surface area contributed by atoms with E-state index in [2.05, 4.69) is 18.2 Å². The van der Waals surface area contributed by atoms with E-state index in [1.165, 1.54) is 0 Å². The minimum absolute atomic E-state index is 0.254. The standard InChI is InChI=1S/C11H19NO/c1-3-7-12-11(4-2)10-5-8-13-9-6-10/h2,10-12H,3,5-9H2,1H3. The fourth-order valence-corrected chi connectivity index (χ4v) is 1.71. The van der Waals surface area contributed by atoms with Crippen LogP contribution < -0.4 is 5.32 Å². The summed E-state index contributed by atoms with van der Waals surface area (Å²) >= 11 is 0. The maximum atomic E-state index is 5.49. The molecule has 0 saturated carbocycles. The minimum atomic E-state index is 0.254. The van der Waals surface area contributed by atoms with Crippen molar-refractivity contribution in [1.29, 1.82) is 0 Å². The second-order valence-corrected chi connectivity index (χ2v) is 3.55. The first-order valence-corrected chi connectivity index (χ1v) is 5.15. The molecule has 1 aliphatic heterocycles. The summed E-state index contributed by atoms with van der Waals surface area (Å²) in [4.78, 5) is 0. The molecule has 0 aromatic heterocycles. The molecule has 1 saturated heterocycles. The van der Waals surface area contributed by atoms with E-state index in [9.17, 15) is 0 Å². The van der Waals surface area contributed by atoms with E-state index < -0.39 is 0 Å². The monoisotopic (exact) mass is 181 g/mol. The van der Waals surface area contributed by atoms with Crippen molar-refractivity contribution in [2.24, 2.45) is 5.92 Å². The fraction of sp³-hybridized carbons (Fsp3) is 0.818. The summed E-state index contributed by atoms with van der Waals surface area (Å²) in [6.07, 6.45) is 8.84. The summed E-state index contributed by atoms with van der Waals surface area (Å²) in [5, 5.41) is 3.40. The van der Waals surface area contributed by atoms with Crippen LogP contribution in [0.3, 0.4) is 0 Å². The molecule has 0 aromatic carbocycles. The molecule has 1 unspecified atom stereocenters. The lowest BCUT2D eigenvalue weighted by molar-refractivity contribution is 0.0601. The van der Waals surface area contributed by atoms with E-state index >= 15 is 0 Å². The van der Waals surface area contributed by atoms with Gasteiger partial charge in [-0.15, -0.1) is 6.42 Å². The topological polar surface area (TPSA) is 21.3 Å². The van der Waals surface area contributed by atoms with Gasteiger partial charge >= 0.3 is 0 Å². The number of hydrogen-bond donors (Lipinski definition) is 1. The molecule has 2 nitrogen and oxygen atoms in total. The van der Waals surface area contributed by atoms with E-state index in [1.54, 1.807) is 0 Å². The van der Waals surface area contributed by atoms with Crippen molar-refractivity contribution in [2.45, 2.75) is 32.2 Å². The minimum Gasteiger partial charge on any atom is -0.381 e. The molecule has 0 spiro atoms. The molecule has 2 heteroatoms. The van der Waals surface area contributed by atoms with Gasteiger partial charge in [0.25, 0.3) is 0 Å². The summed E-state index contributed by atoms with van der Waals surface area (Å²) in [6.45, 7) is 4.92. The molecule has 1 N–H and O–H groups in total. The first-order chi connectivity index (χ1) is 6.38. The third kappa shape index (κ3) is 3.38. The van der Waals surface area contributed by atoms with Gasteiger partial charge in [0.1, 0.15) is 0 Å². The zero-order valence-corrected chi connectivity index (χ0v) is 8.38.